The quantitative estimate of drug-likeness (QED) is 0.867. The van der Waals surface area contributed by atoms with Crippen LogP contribution in [0.2, 0.25) is 0 Å². The Hall–Kier alpha value is -1.49. The molecule has 0 bridgehead atoms. The molecule has 0 radical (unpaired) electrons. The molecule has 1 N–H and O–H groups in total. The maximum absolute atomic E-state index is 11.4. The zero-order valence-electron chi connectivity index (χ0n) is 8.73. The summed E-state index contributed by atoms with van der Waals surface area (Å²) < 4.78 is 5.04. The summed E-state index contributed by atoms with van der Waals surface area (Å²) in [5, 5.41) is 2.25. The molecule has 1 aliphatic heterocycles. The van der Waals surface area contributed by atoms with Crippen molar-refractivity contribution in [3.8, 4) is 5.75 Å². The van der Waals surface area contributed by atoms with Crippen molar-refractivity contribution in [1.29, 1.82) is 0 Å². The highest BCUT2D eigenvalue weighted by molar-refractivity contribution is 8.26. The lowest BCUT2D eigenvalue weighted by molar-refractivity contribution is -0.112. The zero-order valence-corrected chi connectivity index (χ0v) is 9.54. The summed E-state index contributed by atoms with van der Waals surface area (Å²) >= 11 is 0.742. The SMILES string of the molecule is COc1ccc(CC2NC(=O)SC2=O)cc1. The molecule has 16 heavy (non-hydrogen) atoms. The summed E-state index contributed by atoms with van der Waals surface area (Å²) in [6.45, 7) is 0. The predicted molar refractivity (Wildman–Crippen MR) is 61.6 cm³/mol. The second kappa shape index (κ2) is 4.57. The van der Waals surface area contributed by atoms with Crippen LogP contribution in [0.4, 0.5) is 4.79 Å². The molecule has 0 spiro atoms. The van der Waals surface area contributed by atoms with Crippen LogP contribution in [0.5, 0.6) is 5.75 Å². The van der Waals surface area contributed by atoms with Gasteiger partial charge in [0.25, 0.3) is 5.24 Å². The number of methoxy groups -OCH3 is 1. The van der Waals surface area contributed by atoms with E-state index in [-0.39, 0.29) is 10.4 Å². The van der Waals surface area contributed by atoms with Gasteiger partial charge in [-0.1, -0.05) is 12.1 Å². The largest absolute Gasteiger partial charge is 0.497 e. The van der Waals surface area contributed by atoms with E-state index in [1.165, 1.54) is 0 Å². The minimum Gasteiger partial charge on any atom is -0.497 e. The first-order valence-corrected chi connectivity index (χ1v) is 5.66. The molecule has 1 heterocycles. The summed E-state index contributed by atoms with van der Waals surface area (Å²) in [5.41, 5.74) is 1.00. The van der Waals surface area contributed by atoms with Crippen molar-refractivity contribution in [1.82, 2.24) is 5.32 Å². The molecule has 1 unspecified atom stereocenters. The molecule has 1 fully saturated rings. The first-order chi connectivity index (χ1) is 7.69. The van der Waals surface area contributed by atoms with Gasteiger partial charge in [0.05, 0.1) is 7.11 Å². The van der Waals surface area contributed by atoms with Gasteiger partial charge < -0.3 is 10.1 Å². The molecule has 1 atom stereocenters. The van der Waals surface area contributed by atoms with E-state index in [4.69, 9.17) is 4.74 Å². The average Bonchev–Trinajstić information content (AvgIpc) is 2.59. The standard InChI is InChI=1S/C11H11NO3S/c1-15-8-4-2-7(3-5-8)6-9-10(13)16-11(14)12-9/h2-5,9H,6H2,1H3,(H,12,14). The van der Waals surface area contributed by atoms with Gasteiger partial charge >= 0.3 is 0 Å². The van der Waals surface area contributed by atoms with Crippen LogP contribution < -0.4 is 10.1 Å². The molecule has 4 nitrogen and oxygen atoms in total. The highest BCUT2D eigenvalue weighted by atomic mass is 32.2. The summed E-state index contributed by atoms with van der Waals surface area (Å²) in [6.07, 6.45) is 0.529. The lowest BCUT2D eigenvalue weighted by atomic mass is 10.1. The Bertz CT molecular complexity index is 416. The van der Waals surface area contributed by atoms with Crippen molar-refractivity contribution in [3.05, 3.63) is 29.8 Å². The first-order valence-electron chi connectivity index (χ1n) is 4.84. The van der Waals surface area contributed by atoms with Gasteiger partial charge in [-0.3, -0.25) is 9.59 Å². The van der Waals surface area contributed by atoms with Crippen LogP contribution in [0.3, 0.4) is 0 Å². The Labute approximate surface area is 97.4 Å². The van der Waals surface area contributed by atoms with Crippen molar-refractivity contribution < 1.29 is 14.3 Å². The molecule has 0 saturated carbocycles. The summed E-state index contributed by atoms with van der Waals surface area (Å²) in [6, 6.07) is 7.06. The van der Waals surface area contributed by atoms with Crippen LogP contribution in [0.1, 0.15) is 5.56 Å². The molecule has 2 rings (SSSR count). The number of benzene rings is 1. The van der Waals surface area contributed by atoms with Crippen LogP contribution in [-0.4, -0.2) is 23.5 Å². The van der Waals surface area contributed by atoms with Gasteiger partial charge in [0, 0.05) is 18.2 Å². The van der Waals surface area contributed by atoms with E-state index in [1.54, 1.807) is 7.11 Å². The van der Waals surface area contributed by atoms with E-state index in [1.807, 2.05) is 24.3 Å². The molecular formula is C11H11NO3S. The maximum Gasteiger partial charge on any atom is 0.287 e. The zero-order chi connectivity index (χ0) is 11.5. The van der Waals surface area contributed by atoms with Crippen LogP contribution in [-0.2, 0) is 11.2 Å². The van der Waals surface area contributed by atoms with Gasteiger partial charge in [-0.05, 0) is 17.7 Å². The van der Waals surface area contributed by atoms with Crippen molar-refractivity contribution in [2.45, 2.75) is 12.5 Å². The van der Waals surface area contributed by atoms with Crippen LogP contribution in [0.25, 0.3) is 0 Å². The van der Waals surface area contributed by atoms with Gasteiger partial charge in [0.15, 0.2) is 0 Å². The molecule has 0 aromatic heterocycles. The second-order valence-electron chi connectivity index (χ2n) is 3.46. The fraction of sp³-hybridized carbons (Fsp3) is 0.273. The minimum atomic E-state index is -0.397. The summed E-state index contributed by atoms with van der Waals surface area (Å²) in [4.78, 5) is 22.3. The Kier molecular flexibility index (Phi) is 3.14. The highest BCUT2D eigenvalue weighted by Crippen LogP contribution is 2.20. The Morgan fingerprint density at radius 1 is 1.31 bits per heavy atom. The summed E-state index contributed by atoms with van der Waals surface area (Å²) in [5.74, 6) is 0.778. The van der Waals surface area contributed by atoms with Gasteiger partial charge in [-0.25, -0.2) is 0 Å². The molecule has 0 aliphatic carbocycles. The fourth-order valence-electron chi connectivity index (χ4n) is 1.52. The number of carbonyl (C=O) groups excluding carboxylic acids is 2. The molecule has 1 aliphatic rings. The van der Waals surface area contributed by atoms with E-state index in [9.17, 15) is 9.59 Å². The molecule has 1 aromatic carbocycles. The average molecular weight is 237 g/mol. The van der Waals surface area contributed by atoms with E-state index in [0.29, 0.717) is 6.42 Å². The van der Waals surface area contributed by atoms with E-state index in [0.717, 1.165) is 23.1 Å². The number of ether oxygens (including phenoxy) is 1. The van der Waals surface area contributed by atoms with Crippen molar-refractivity contribution in [2.75, 3.05) is 7.11 Å². The minimum absolute atomic E-state index is 0.110. The topological polar surface area (TPSA) is 55.4 Å². The number of nitrogens with one attached hydrogen (secondary N) is 1. The molecule has 1 aromatic rings. The lowest BCUT2D eigenvalue weighted by Gasteiger charge is -2.08. The highest BCUT2D eigenvalue weighted by Gasteiger charge is 2.30. The van der Waals surface area contributed by atoms with Crippen molar-refractivity contribution in [2.24, 2.45) is 0 Å². The number of thioether (sulfide) groups is 1. The third-order valence-electron chi connectivity index (χ3n) is 2.37. The Morgan fingerprint density at radius 2 is 2.00 bits per heavy atom. The number of hydrogen-bond acceptors (Lipinski definition) is 4. The molecule has 1 amide bonds. The van der Waals surface area contributed by atoms with Crippen LogP contribution in [0, 0.1) is 0 Å². The molecular weight excluding hydrogens is 226 g/mol. The van der Waals surface area contributed by atoms with E-state index in [2.05, 4.69) is 5.32 Å². The number of amides is 1. The Balaban J connectivity index is 2.03. The van der Waals surface area contributed by atoms with Crippen molar-refractivity contribution in [3.63, 3.8) is 0 Å². The number of hydrogen-bond donors (Lipinski definition) is 1. The Morgan fingerprint density at radius 3 is 2.50 bits per heavy atom. The molecule has 5 heteroatoms. The second-order valence-corrected chi connectivity index (χ2v) is 4.43. The monoisotopic (exact) mass is 237 g/mol. The third-order valence-corrected chi connectivity index (χ3v) is 3.16. The smallest absolute Gasteiger partial charge is 0.287 e. The number of carbonyl (C=O) groups is 2. The van der Waals surface area contributed by atoms with Gasteiger partial charge in [-0.15, -0.1) is 0 Å². The normalized spacial score (nSPS) is 19.7. The van der Waals surface area contributed by atoms with Gasteiger partial charge in [-0.2, -0.15) is 0 Å². The predicted octanol–water partition coefficient (Wildman–Crippen LogP) is 1.59. The number of rotatable bonds is 3. The van der Waals surface area contributed by atoms with Gasteiger partial charge in [0.1, 0.15) is 11.8 Å². The summed E-state index contributed by atoms with van der Waals surface area (Å²) in [7, 11) is 1.60. The van der Waals surface area contributed by atoms with Crippen LogP contribution >= 0.6 is 11.8 Å². The lowest BCUT2D eigenvalue weighted by Crippen LogP contribution is -2.30. The van der Waals surface area contributed by atoms with Gasteiger partial charge in [0.2, 0.25) is 5.12 Å². The fourth-order valence-corrected chi connectivity index (χ4v) is 2.19. The first kappa shape index (κ1) is 11.0. The van der Waals surface area contributed by atoms with Crippen molar-refractivity contribution >= 4 is 22.1 Å². The van der Waals surface area contributed by atoms with E-state index >= 15 is 0 Å². The maximum atomic E-state index is 11.4. The van der Waals surface area contributed by atoms with Crippen LogP contribution in [0.15, 0.2) is 24.3 Å². The molecule has 84 valence electrons. The molecule has 1 saturated heterocycles. The van der Waals surface area contributed by atoms with E-state index < -0.39 is 6.04 Å². The third kappa shape index (κ3) is 2.36.